The highest BCUT2D eigenvalue weighted by molar-refractivity contribution is 7.89. The van der Waals surface area contributed by atoms with Gasteiger partial charge in [-0.3, -0.25) is 4.79 Å². The molecule has 2 rings (SSSR count). The Balaban J connectivity index is 2.09. The first-order valence-corrected chi connectivity index (χ1v) is 9.93. The molecule has 1 aliphatic rings. The van der Waals surface area contributed by atoms with Crippen molar-refractivity contribution in [3.63, 3.8) is 0 Å². The van der Waals surface area contributed by atoms with Crippen molar-refractivity contribution >= 4 is 15.9 Å². The predicted octanol–water partition coefficient (Wildman–Crippen LogP) is 2.01. The second-order valence-corrected chi connectivity index (χ2v) is 7.84. The molecule has 24 heavy (non-hydrogen) atoms. The quantitative estimate of drug-likeness (QED) is 0.813. The maximum absolute atomic E-state index is 12.8. The number of carbonyl (C=O) groups is 1. The van der Waals surface area contributed by atoms with E-state index >= 15 is 0 Å². The molecule has 1 aromatic rings. The van der Waals surface area contributed by atoms with Crippen LogP contribution in [0.15, 0.2) is 29.2 Å². The minimum Gasteiger partial charge on any atom is -0.494 e. The predicted molar refractivity (Wildman–Crippen MR) is 92.4 cm³/mol. The Morgan fingerprint density at radius 1 is 1.29 bits per heavy atom. The smallest absolute Gasteiger partial charge is 0.243 e. The molecule has 0 spiro atoms. The van der Waals surface area contributed by atoms with Crippen molar-refractivity contribution in [1.82, 2.24) is 9.62 Å². The topological polar surface area (TPSA) is 75.7 Å². The first kappa shape index (κ1) is 18.7. The van der Waals surface area contributed by atoms with E-state index in [1.165, 1.54) is 4.31 Å². The van der Waals surface area contributed by atoms with E-state index in [1.54, 1.807) is 24.3 Å². The van der Waals surface area contributed by atoms with E-state index in [4.69, 9.17) is 4.74 Å². The van der Waals surface area contributed by atoms with E-state index in [0.717, 1.165) is 12.8 Å². The summed E-state index contributed by atoms with van der Waals surface area (Å²) in [6, 6.07) is 6.43. The van der Waals surface area contributed by atoms with Gasteiger partial charge in [0.1, 0.15) is 5.75 Å². The zero-order valence-electron chi connectivity index (χ0n) is 14.3. The number of hydrogen-bond acceptors (Lipinski definition) is 4. The van der Waals surface area contributed by atoms with Gasteiger partial charge in [-0.1, -0.05) is 6.92 Å². The van der Waals surface area contributed by atoms with Crippen molar-refractivity contribution < 1.29 is 17.9 Å². The molecule has 0 aromatic heterocycles. The average Bonchev–Trinajstić information content (AvgIpc) is 2.60. The molecule has 6 nitrogen and oxygen atoms in total. The number of nitrogens with zero attached hydrogens (tertiary/aromatic N) is 1. The second kappa shape index (κ2) is 8.48. The highest BCUT2D eigenvalue weighted by Crippen LogP contribution is 2.25. The Morgan fingerprint density at radius 3 is 2.62 bits per heavy atom. The summed E-state index contributed by atoms with van der Waals surface area (Å²) >= 11 is 0. The van der Waals surface area contributed by atoms with Crippen molar-refractivity contribution in [2.75, 3.05) is 26.2 Å². The fourth-order valence-corrected chi connectivity index (χ4v) is 4.31. The Kier molecular flexibility index (Phi) is 6.62. The lowest BCUT2D eigenvalue weighted by atomic mass is 9.99. The van der Waals surface area contributed by atoms with E-state index in [9.17, 15) is 13.2 Å². The van der Waals surface area contributed by atoms with Crippen LogP contribution in [0, 0.1) is 5.92 Å². The van der Waals surface area contributed by atoms with Crippen LogP contribution in [0.1, 0.15) is 33.1 Å². The number of nitrogens with one attached hydrogen (secondary N) is 1. The summed E-state index contributed by atoms with van der Waals surface area (Å²) in [5, 5.41) is 2.86. The standard InChI is InChI=1S/C17H26N2O4S/c1-3-11-18-17(20)14-6-5-12-19(13-14)24(21,22)16-9-7-15(8-10-16)23-4-2/h7-10,14H,3-6,11-13H2,1-2H3,(H,18,20). The SMILES string of the molecule is CCCNC(=O)C1CCCN(S(=O)(=O)c2ccc(OCC)cc2)C1. The van der Waals surface area contributed by atoms with Gasteiger partial charge in [0.05, 0.1) is 17.4 Å². The molecule has 1 aliphatic heterocycles. The molecule has 1 heterocycles. The van der Waals surface area contributed by atoms with Gasteiger partial charge in [0.15, 0.2) is 0 Å². The summed E-state index contributed by atoms with van der Waals surface area (Å²) in [5.41, 5.74) is 0. The van der Waals surface area contributed by atoms with Crippen LogP contribution >= 0.6 is 0 Å². The van der Waals surface area contributed by atoms with Crippen molar-refractivity contribution in [2.24, 2.45) is 5.92 Å². The van der Waals surface area contributed by atoms with Gasteiger partial charge in [0.25, 0.3) is 0 Å². The van der Waals surface area contributed by atoms with Crippen molar-refractivity contribution in [1.29, 1.82) is 0 Å². The van der Waals surface area contributed by atoms with Gasteiger partial charge in [0.2, 0.25) is 15.9 Å². The van der Waals surface area contributed by atoms with Gasteiger partial charge in [0, 0.05) is 19.6 Å². The van der Waals surface area contributed by atoms with E-state index < -0.39 is 10.0 Å². The fourth-order valence-electron chi connectivity index (χ4n) is 2.79. The lowest BCUT2D eigenvalue weighted by molar-refractivity contribution is -0.126. The minimum absolute atomic E-state index is 0.0524. The monoisotopic (exact) mass is 354 g/mol. The van der Waals surface area contributed by atoms with Gasteiger partial charge >= 0.3 is 0 Å². The number of sulfonamides is 1. The third-order valence-electron chi connectivity index (χ3n) is 4.08. The van der Waals surface area contributed by atoms with Crippen LogP contribution in [0.4, 0.5) is 0 Å². The zero-order valence-corrected chi connectivity index (χ0v) is 15.1. The lowest BCUT2D eigenvalue weighted by Crippen LogP contribution is -2.45. The Morgan fingerprint density at radius 2 is 2.00 bits per heavy atom. The molecule has 1 aromatic carbocycles. The number of rotatable bonds is 7. The normalized spacial score (nSPS) is 19.0. The van der Waals surface area contributed by atoms with E-state index in [1.807, 2.05) is 13.8 Å². The molecule has 0 radical (unpaired) electrons. The highest BCUT2D eigenvalue weighted by atomic mass is 32.2. The Hall–Kier alpha value is -1.60. The molecular formula is C17H26N2O4S. The number of benzene rings is 1. The van der Waals surface area contributed by atoms with Crippen LogP contribution in [0.25, 0.3) is 0 Å². The van der Waals surface area contributed by atoms with E-state index in [2.05, 4.69) is 5.32 Å². The van der Waals surface area contributed by atoms with Crippen LogP contribution in [0.5, 0.6) is 5.75 Å². The van der Waals surface area contributed by atoms with Crippen molar-refractivity contribution in [2.45, 2.75) is 38.0 Å². The molecule has 1 N–H and O–H groups in total. The summed E-state index contributed by atoms with van der Waals surface area (Å²) in [6.07, 6.45) is 2.29. The molecule has 1 fully saturated rings. The number of amides is 1. The lowest BCUT2D eigenvalue weighted by Gasteiger charge is -2.31. The number of piperidine rings is 1. The van der Waals surface area contributed by atoms with Gasteiger partial charge < -0.3 is 10.1 Å². The van der Waals surface area contributed by atoms with Crippen LogP contribution in [-0.2, 0) is 14.8 Å². The largest absolute Gasteiger partial charge is 0.494 e. The van der Waals surface area contributed by atoms with E-state index in [0.29, 0.717) is 31.9 Å². The average molecular weight is 354 g/mol. The van der Waals surface area contributed by atoms with Gasteiger partial charge in [-0.2, -0.15) is 4.31 Å². The number of carbonyl (C=O) groups excluding carboxylic acids is 1. The summed E-state index contributed by atoms with van der Waals surface area (Å²) in [4.78, 5) is 12.4. The molecule has 0 bridgehead atoms. The maximum Gasteiger partial charge on any atom is 0.243 e. The molecule has 1 saturated heterocycles. The van der Waals surface area contributed by atoms with Gasteiger partial charge in [-0.05, 0) is 50.5 Å². The first-order chi connectivity index (χ1) is 11.5. The van der Waals surface area contributed by atoms with Gasteiger partial charge in [-0.15, -0.1) is 0 Å². The molecule has 7 heteroatoms. The third-order valence-corrected chi connectivity index (χ3v) is 5.96. The molecule has 0 aliphatic carbocycles. The molecular weight excluding hydrogens is 328 g/mol. The van der Waals surface area contributed by atoms with E-state index in [-0.39, 0.29) is 23.3 Å². The molecule has 1 amide bonds. The van der Waals surface area contributed by atoms with Gasteiger partial charge in [-0.25, -0.2) is 8.42 Å². The summed E-state index contributed by atoms with van der Waals surface area (Å²) in [6.45, 7) is 5.72. The van der Waals surface area contributed by atoms with Crippen LogP contribution in [0.3, 0.4) is 0 Å². The molecule has 134 valence electrons. The maximum atomic E-state index is 12.8. The van der Waals surface area contributed by atoms with Crippen LogP contribution < -0.4 is 10.1 Å². The summed E-state index contributed by atoms with van der Waals surface area (Å²) in [7, 11) is -3.58. The summed E-state index contributed by atoms with van der Waals surface area (Å²) in [5.74, 6) is 0.318. The highest BCUT2D eigenvalue weighted by Gasteiger charge is 2.33. The Bertz CT molecular complexity index is 643. The summed E-state index contributed by atoms with van der Waals surface area (Å²) < 4.78 is 32.3. The third kappa shape index (κ3) is 4.48. The zero-order chi connectivity index (χ0) is 17.6. The number of hydrogen-bond donors (Lipinski definition) is 1. The first-order valence-electron chi connectivity index (χ1n) is 8.49. The minimum atomic E-state index is -3.58. The van der Waals surface area contributed by atoms with Crippen molar-refractivity contribution in [3.05, 3.63) is 24.3 Å². The van der Waals surface area contributed by atoms with Crippen molar-refractivity contribution in [3.8, 4) is 5.75 Å². The Labute approximate surface area is 144 Å². The molecule has 1 unspecified atom stereocenters. The number of ether oxygens (including phenoxy) is 1. The van der Waals surface area contributed by atoms with Crippen LogP contribution in [0.2, 0.25) is 0 Å². The fraction of sp³-hybridized carbons (Fsp3) is 0.588. The molecule has 1 atom stereocenters. The molecule has 0 saturated carbocycles. The second-order valence-electron chi connectivity index (χ2n) is 5.90. The van der Waals surface area contributed by atoms with Crippen LogP contribution in [-0.4, -0.2) is 44.9 Å².